The van der Waals surface area contributed by atoms with Gasteiger partial charge in [0, 0.05) is 39.3 Å². The monoisotopic (exact) mass is 299 g/mol. The molecule has 1 aliphatic heterocycles. The molecule has 1 fully saturated rings. The number of hydrogen-bond acceptors (Lipinski definition) is 3. The van der Waals surface area contributed by atoms with Crippen molar-refractivity contribution in [1.82, 2.24) is 4.90 Å². The van der Waals surface area contributed by atoms with E-state index < -0.39 is 0 Å². The molecule has 2 N–H and O–H groups in total. The molecule has 2 rings (SSSR count). The fourth-order valence-electron chi connectivity index (χ4n) is 2.23. The highest BCUT2D eigenvalue weighted by molar-refractivity contribution is 6.43. The summed E-state index contributed by atoms with van der Waals surface area (Å²) in [6.45, 7) is 5.56. The maximum atomic E-state index is 6.25. The molecule has 0 saturated carbocycles. The molecule has 0 atom stereocenters. The number of nitrogens with zero attached hydrogens (tertiary/aromatic N) is 2. The van der Waals surface area contributed by atoms with Crippen molar-refractivity contribution in [2.24, 2.45) is 5.73 Å². The lowest BCUT2D eigenvalue weighted by Gasteiger charge is -2.36. The molecule has 0 amide bonds. The molecule has 0 aromatic heterocycles. The van der Waals surface area contributed by atoms with Gasteiger partial charge in [-0.15, -0.1) is 0 Å². The van der Waals surface area contributed by atoms with Crippen molar-refractivity contribution in [2.45, 2.75) is 0 Å². The van der Waals surface area contributed by atoms with Crippen LogP contribution in [0.15, 0.2) is 30.4 Å². The molecular weight excluding hydrogens is 281 g/mol. The lowest BCUT2D eigenvalue weighted by atomic mass is 10.2. The van der Waals surface area contributed by atoms with E-state index in [9.17, 15) is 0 Å². The fraction of sp³-hybridized carbons (Fsp3) is 0.429. The Morgan fingerprint density at radius 1 is 1.11 bits per heavy atom. The zero-order chi connectivity index (χ0) is 13.7. The summed E-state index contributed by atoms with van der Waals surface area (Å²) in [5.74, 6) is 0. The minimum absolute atomic E-state index is 0.609. The quantitative estimate of drug-likeness (QED) is 0.868. The molecule has 0 unspecified atom stereocenters. The normalized spacial score (nSPS) is 17.3. The predicted molar refractivity (Wildman–Crippen MR) is 83.3 cm³/mol. The molecule has 3 nitrogen and oxygen atoms in total. The van der Waals surface area contributed by atoms with Crippen molar-refractivity contribution in [3.05, 3.63) is 40.4 Å². The van der Waals surface area contributed by atoms with Gasteiger partial charge in [0.1, 0.15) is 0 Å². The van der Waals surface area contributed by atoms with Gasteiger partial charge in [0.2, 0.25) is 0 Å². The Hall–Kier alpha value is -0.740. The first-order chi connectivity index (χ1) is 9.22. The lowest BCUT2D eigenvalue weighted by Crippen LogP contribution is -2.46. The van der Waals surface area contributed by atoms with Crippen molar-refractivity contribution in [3.63, 3.8) is 0 Å². The van der Waals surface area contributed by atoms with Crippen molar-refractivity contribution in [1.29, 1.82) is 0 Å². The number of halogens is 2. The number of hydrogen-bond donors (Lipinski definition) is 1. The zero-order valence-corrected chi connectivity index (χ0v) is 12.4. The van der Waals surface area contributed by atoms with Gasteiger partial charge in [0.05, 0.1) is 15.7 Å². The second-order valence-corrected chi connectivity index (χ2v) is 5.35. The lowest BCUT2D eigenvalue weighted by molar-refractivity contribution is 0.284. The van der Waals surface area contributed by atoms with E-state index >= 15 is 0 Å². The summed E-state index contributed by atoms with van der Waals surface area (Å²) >= 11 is 12.3. The van der Waals surface area contributed by atoms with Crippen molar-refractivity contribution < 1.29 is 0 Å². The van der Waals surface area contributed by atoms with Gasteiger partial charge in [-0.05, 0) is 12.1 Å². The predicted octanol–water partition coefficient (Wildman–Crippen LogP) is 2.63. The molecule has 19 heavy (non-hydrogen) atoms. The van der Waals surface area contributed by atoms with Gasteiger partial charge in [0.25, 0.3) is 0 Å². The smallest absolute Gasteiger partial charge is 0.0825 e. The first-order valence-electron chi connectivity index (χ1n) is 6.48. The van der Waals surface area contributed by atoms with E-state index in [0.717, 1.165) is 38.4 Å². The van der Waals surface area contributed by atoms with E-state index in [1.54, 1.807) is 0 Å². The average Bonchev–Trinajstić information content (AvgIpc) is 2.43. The van der Waals surface area contributed by atoms with Crippen LogP contribution < -0.4 is 10.6 Å². The molecule has 5 heteroatoms. The first kappa shape index (κ1) is 14.7. The third-order valence-electron chi connectivity index (χ3n) is 3.31. The molecule has 1 heterocycles. The van der Waals surface area contributed by atoms with E-state index in [4.69, 9.17) is 28.9 Å². The minimum Gasteiger partial charge on any atom is -0.368 e. The Balaban J connectivity index is 1.92. The second kappa shape index (κ2) is 7.15. The van der Waals surface area contributed by atoms with E-state index in [-0.39, 0.29) is 0 Å². The fourth-order valence-corrected chi connectivity index (χ4v) is 2.64. The van der Waals surface area contributed by atoms with Crippen LogP contribution in [-0.4, -0.2) is 44.2 Å². The van der Waals surface area contributed by atoms with E-state index in [2.05, 4.69) is 15.9 Å². The highest BCUT2D eigenvalue weighted by Gasteiger charge is 2.18. The van der Waals surface area contributed by atoms with Gasteiger partial charge in [0.15, 0.2) is 0 Å². The van der Waals surface area contributed by atoms with E-state index in [0.29, 0.717) is 16.6 Å². The SMILES string of the molecule is NC/C=C/CN1CCN(c2cccc(Cl)c2Cl)CC1. The Morgan fingerprint density at radius 2 is 1.84 bits per heavy atom. The van der Waals surface area contributed by atoms with Gasteiger partial charge in [-0.1, -0.05) is 41.4 Å². The molecule has 0 aliphatic carbocycles. The van der Waals surface area contributed by atoms with Crippen LogP contribution in [0.5, 0.6) is 0 Å². The Labute approximate surface area is 124 Å². The highest BCUT2D eigenvalue weighted by Crippen LogP contribution is 2.32. The minimum atomic E-state index is 0.609. The molecule has 1 aromatic rings. The highest BCUT2D eigenvalue weighted by atomic mass is 35.5. The Morgan fingerprint density at radius 3 is 2.53 bits per heavy atom. The molecule has 0 radical (unpaired) electrons. The third-order valence-corrected chi connectivity index (χ3v) is 4.12. The number of anilines is 1. The maximum absolute atomic E-state index is 6.25. The van der Waals surface area contributed by atoms with Gasteiger partial charge >= 0.3 is 0 Å². The van der Waals surface area contributed by atoms with Gasteiger partial charge in [-0.25, -0.2) is 0 Å². The summed E-state index contributed by atoms with van der Waals surface area (Å²) in [6.07, 6.45) is 4.13. The van der Waals surface area contributed by atoms with Crippen molar-refractivity contribution in [2.75, 3.05) is 44.2 Å². The molecular formula is C14H19Cl2N3. The summed E-state index contributed by atoms with van der Waals surface area (Å²) < 4.78 is 0. The van der Waals surface area contributed by atoms with Crippen LogP contribution in [0.4, 0.5) is 5.69 Å². The van der Waals surface area contributed by atoms with E-state index in [1.165, 1.54) is 0 Å². The Bertz CT molecular complexity index is 440. The van der Waals surface area contributed by atoms with Crippen molar-refractivity contribution >= 4 is 28.9 Å². The topological polar surface area (TPSA) is 32.5 Å². The number of nitrogens with two attached hydrogens (primary N) is 1. The first-order valence-corrected chi connectivity index (χ1v) is 7.24. The summed E-state index contributed by atoms with van der Waals surface area (Å²) in [4.78, 5) is 4.69. The molecule has 0 bridgehead atoms. The van der Waals surface area contributed by atoms with Crippen LogP contribution in [0.3, 0.4) is 0 Å². The summed E-state index contributed by atoms with van der Waals surface area (Å²) in [5.41, 5.74) is 6.47. The van der Waals surface area contributed by atoms with Gasteiger partial charge < -0.3 is 10.6 Å². The molecule has 1 saturated heterocycles. The third kappa shape index (κ3) is 3.86. The molecule has 104 valence electrons. The van der Waals surface area contributed by atoms with Crippen LogP contribution in [0, 0.1) is 0 Å². The standard InChI is InChI=1S/C14H19Cl2N3/c15-12-4-3-5-13(14(12)16)19-10-8-18(9-11-19)7-2-1-6-17/h1-5H,6-11,17H2/b2-1+. The van der Waals surface area contributed by atoms with Crippen LogP contribution >= 0.6 is 23.2 Å². The summed E-state index contributed by atoms with van der Waals surface area (Å²) in [6, 6.07) is 5.79. The van der Waals surface area contributed by atoms with Crippen LogP contribution in [-0.2, 0) is 0 Å². The largest absolute Gasteiger partial charge is 0.368 e. The number of piperazine rings is 1. The molecule has 1 aromatic carbocycles. The zero-order valence-electron chi connectivity index (χ0n) is 10.9. The number of rotatable bonds is 4. The average molecular weight is 300 g/mol. The number of benzene rings is 1. The van der Waals surface area contributed by atoms with Crippen LogP contribution in [0.25, 0.3) is 0 Å². The van der Waals surface area contributed by atoms with E-state index in [1.807, 2.05) is 24.3 Å². The van der Waals surface area contributed by atoms with Crippen LogP contribution in [0.1, 0.15) is 0 Å². The summed E-state index contributed by atoms with van der Waals surface area (Å²) in [5, 5.41) is 1.27. The molecule has 0 spiro atoms. The van der Waals surface area contributed by atoms with Crippen LogP contribution in [0.2, 0.25) is 10.0 Å². The van der Waals surface area contributed by atoms with Gasteiger partial charge in [-0.3, -0.25) is 4.90 Å². The molecule has 1 aliphatic rings. The maximum Gasteiger partial charge on any atom is 0.0825 e. The van der Waals surface area contributed by atoms with Gasteiger partial charge in [-0.2, -0.15) is 0 Å². The Kier molecular flexibility index (Phi) is 5.52. The summed E-state index contributed by atoms with van der Waals surface area (Å²) in [7, 11) is 0. The second-order valence-electron chi connectivity index (χ2n) is 4.57. The van der Waals surface area contributed by atoms with Crippen molar-refractivity contribution in [3.8, 4) is 0 Å².